The summed E-state index contributed by atoms with van der Waals surface area (Å²) in [6.45, 7) is 1.99. The molecule has 0 aliphatic rings. The molecule has 0 bridgehead atoms. The van der Waals surface area contributed by atoms with E-state index in [0.29, 0.717) is 11.1 Å². The van der Waals surface area contributed by atoms with Crippen molar-refractivity contribution in [3.63, 3.8) is 0 Å². The van der Waals surface area contributed by atoms with E-state index in [2.05, 4.69) is 4.98 Å². The zero-order chi connectivity index (χ0) is 17.0. The lowest BCUT2D eigenvalue weighted by molar-refractivity contribution is 0.669. The zero-order valence-corrected chi connectivity index (χ0v) is 10.8. The van der Waals surface area contributed by atoms with Gasteiger partial charge in [0.1, 0.15) is 11.2 Å². The predicted octanol–water partition coefficient (Wildman–Crippen LogP) is 4.96. The molecule has 0 unspecified atom stereocenters. The van der Waals surface area contributed by atoms with Gasteiger partial charge in [0.2, 0.25) is 0 Å². The second kappa shape index (κ2) is 4.20. The Morgan fingerprint density at radius 1 is 1.10 bits per heavy atom. The normalized spacial score (nSPS) is 14.1. The molecule has 0 saturated heterocycles. The number of benzene rings is 2. The molecule has 2 aromatic heterocycles. The van der Waals surface area contributed by atoms with Crippen molar-refractivity contribution in [1.29, 1.82) is 0 Å². The molecule has 0 atom stereocenters. The van der Waals surface area contributed by atoms with E-state index in [0.717, 1.165) is 21.9 Å². The third-order valence-corrected chi connectivity index (χ3v) is 3.38. The molecule has 0 N–H and O–H groups in total. The number of rotatable bonds is 1. The van der Waals surface area contributed by atoms with Crippen LogP contribution in [0, 0.1) is 6.92 Å². The highest BCUT2D eigenvalue weighted by Crippen LogP contribution is 2.35. The Hall–Kier alpha value is -2.61. The summed E-state index contributed by atoms with van der Waals surface area (Å²) in [6, 6.07) is 10.7. The van der Waals surface area contributed by atoms with Crippen LogP contribution < -0.4 is 0 Å². The SMILES string of the molecule is [2H]c1nc(-c2cccc3c2oc2cc(C)ccc23)c([2H])c([2H])c1[2H]. The number of hydrogen-bond donors (Lipinski definition) is 0. The second-order valence-corrected chi connectivity index (χ2v) is 4.73. The number of nitrogens with zero attached hydrogens (tertiary/aromatic N) is 1. The summed E-state index contributed by atoms with van der Waals surface area (Å²) in [5.74, 6) is 0. The van der Waals surface area contributed by atoms with Crippen molar-refractivity contribution in [2.75, 3.05) is 0 Å². The molecule has 0 saturated carbocycles. The molecule has 2 heterocycles. The van der Waals surface area contributed by atoms with Crippen molar-refractivity contribution in [2.24, 2.45) is 0 Å². The number of hydrogen-bond acceptors (Lipinski definition) is 2. The van der Waals surface area contributed by atoms with Gasteiger partial charge in [-0.1, -0.05) is 30.3 Å². The third-order valence-electron chi connectivity index (χ3n) is 3.38. The number of pyridine rings is 1. The summed E-state index contributed by atoms with van der Waals surface area (Å²) in [7, 11) is 0. The van der Waals surface area contributed by atoms with E-state index in [-0.39, 0.29) is 30.0 Å². The van der Waals surface area contributed by atoms with Gasteiger partial charge in [-0.25, -0.2) is 0 Å². The molecule has 0 fully saturated rings. The van der Waals surface area contributed by atoms with E-state index in [1.165, 1.54) is 0 Å². The third kappa shape index (κ3) is 1.62. The topological polar surface area (TPSA) is 26.0 Å². The fourth-order valence-corrected chi connectivity index (χ4v) is 2.45. The van der Waals surface area contributed by atoms with Gasteiger partial charge < -0.3 is 4.42 Å². The smallest absolute Gasteiger partial charge is 0.144 e. The molecule has 0 radical (unpaired) electrons. The average molecular weight is 263 g/mol. The molecule has 0 aliphatic carbocycles. The zero-order valence-electron chi connectivity index (χ0n) is 14.8. The number of aromatic nitrogens is 1. The molecular formula is C18H13NO. The average Bonchev–Trinajstić information content (AvgIpc) is 2.93. The number of para-hydroxylation sites is 1. The van der Waals surface area contributed by atoms with Crippen LogP contribution in [0.25, 0.3) is 33.2 Å². The fourth-order valence-electron chi connectivity index (χ4n) is 2.45. The van der Waals surface area contributed by atoms with Crippen molar-refractivity contribution < 1.29 is 9.90 Å². The van der Waals surface area contributed by atoms with E-state index in [9.17, 15) is 0 Å². The first-order valence-electron chi connectivity index (χ1n) is 8.34. The van der Waals surface area contributed by atoms with Gasteiger partial charge in [-0.2, -0.15) is 0 Å². The van der Waals surface area contributed by atoms with Gasteiger partial charge in [-0.05, 0) is 36.7 Å². The van der Waals surface area contributed by atoms with Gasteiger partial charge in [0.25, 0.3) is 0 Å². The maximum atomic E-state index is 8.12. The molecule has 2 heteroatoms. The van der Waals surface area contributed by atoms with Crippen LogP contribution >= 0.6 is 0 Å². The summed E-state index contributed by atoms with van der Waals surface area (Å²) in [4.78, 5) is 4.05. The summed E-state index contributed by atoms with van der Waals surface area (Å²) in [5, 5.41) is 1.87. The van der Waals surface area contributed by atoms with Crippen LogP contribution in [0.1, 0.15) is 11.0 Å². The Labute approximate surface area is 122 Å². The lowest BCUT2D eigenvalue weighted by atomic mass is 10.1. The molecule has 2 aromatic carbocycles. The Morgan fingerprint density at radius 3 is 3.00 bits per heavy atom. The van der Waals surface area contributed by atoms with Crippen molar-refractivity contribution in [1.82, 2.24) is 4.98 Å². The quantitative estimate of drug-likeness (QED) is 0.485. The van der Waals surface area contributed by atoms with Gasteiger partial charge in [0.15, 0.2) is 0 Å². The minimum atomic E-state index is -0.337. The van der Waals surface area contributed by atoms with Crippen molar-refractivity contribution in [2.45, 2.75) is 6.92 Å². The maximum absolute atomic E-state index is 8.12. The van der Waals surface area contributed by atoms with Crippen LogP contribution in [0.15, 0.2) is 65.1 Å². The molecule has 4 aromatic rings. The van der Waals surface area contributed by atoms with Gasteiger partial charge >= 0.3 is 0 Å². The molecule has 2 nitrogen and oxygen atoms in total. The molecule has 96 valence electrons. The second-order valence-electron chi connectivity index (χ2n) is 4.73. The molecular weight excluding hydrogens is 246 g/mol. The minimum absolute atomic E-state index is 0.167. The number of aryl methyl sites for hydroxylation is 1. The largest absolute Gasteiger partial charge is 0.455 e. The van der Waals surface area contributed by atoms with Crippen LogP contribution in [-0.2, 0) is 0 Å². The van der Waals surface area contributed by atoms with Gasteiger partial charge in [-0.15, -0.1) is 0 Å². The van der Waals surface area contributed by atoms with Crippen molar-refractivity contribution in [3.8, 4) is 11.3 Å². The first-order valence-corrected chi connectivity index (χ1v) is 6.34. The van der Waals surface area contributed by atoms with Crippen LogP contribution in [0.2, 0.25) is 0 Å². The standard InChI is InChI=1S/C18H13NO/c1-12-8-9-13-14-5-4-6-15(16-7-2-3-10-19-16)18(14)20-17(13)11-12/h2-11H,1H3/i2D,3D,7D,10D. The summed E-state index contributed by atoms with van der Waals surface area (Å²) < 4.78 is 37.4. The summed E-state index contributed by atoms with van der Waals surface area (Å²) >= 11 is 0. The van der Waals surface area contributed by atoms with Crippen molar-refractivity contribution in [3.05, 3.63) is 66.3 Å². The Balaban J connectivity index is 2.10. The van der Waals surface area contributed by atoms with E-state index in [1.807, 2.05) is 37.3 Å². The maximum Gasteiger partial charge on any atom is 0.144 e. The van der Waals surface area contributed by atoms with Crippen LogP contribution in [0.3, 0.4) is 0 Å². The van der Waals surface area contributed by atoms with Gasteiger partial charge in [0, 0.05) is 22.5 Å². The highest BCUT2D eigenvalue weighted by Gasteiger charge is 2.12. The molecule has 4 rings (SSSR count). The van der Waals surface area contributed by atoms with Gasteiger partial charge in [-0.3, -0.25) is 4.98 Å². The predicted molar refractivity (Wildman–Crippen MR) is 81.7 cm³/mol. The van der Waals surface area contributed by atoms with Crippen LogP contribution in [0.5, 0.6) is 0 Å². The Bertz CT molecular complexity index is 1120. The summed E-state index contributed by atoms with van der Waals surface area (Å²) in [5.41, 5.74) is 3.17. The summed E-state index contributed by atoms with van der Waals surface area (Å²) in [6.07, 6.45) is -0.310. The van der Waals surface area contributed by atoms with E-state index < -0.39 is 0 Å². The van der Waals surface area contributed by atoms with Gasteiger partial charge in [0.05, 0.1) is 11.2 Å². The highest BCUT2D eigenvalue weighted by atomic mass is 16.3. The first kappa shape index (κ1) is 7.85. The Morgan fingerprint density at radius 2 is 2.05 bits per heavy atom. The minimum Gasteiger partial charge on any atom is -0.455 e. The number of fused-ring (bicyclic) bond motifs is 3. The van der Waals surface area contributed by atoms with Crippen LogP contribution in [0.4, 0.5) is 0 Å². The molecule has 0 amide bonds. The first-order chi connectivity index (χ1) is 11.5. The molecule has 20 heavy (non-hydrogen) atoms. The molecule has 0 aliphatic heterocycles. The Kier molecular flexibility index (Phi) is 1.65. The molecule has 0 spiro atoms. The monoisotopic (exact) mass is 263 g/mol. The van der Waals surface area contributed by atoms with Crippen LogP contribution in [-0.4, -0.2) is 4.98 Å². The lowest BCUT2D eigenvalue weighted by Gasteiger charge is -2.00. The lowest BCUT2D eigenvalue weighted by Crippen LogP contribution is -1.81. The fraction of sp³-hybridized carbons (Fsp3) is 0.0556. The van der Waals surface area contributed by atoms with E-state index >= 15 is 0 Å². The van der Waals surface area contributed by atoms with E-state index in [1.54, 1.807) is 6.07 Å². The highest BCUT2D eigenvalue weighted by molar-refractivity contribution is 6.09. The number of furan rings is 1. The van der Waals surface area contributed by atoms with Crippen molar-refractivity contribution >= 4 is 21.9 Å². The van der Waals surface area contributed by atoms with E-state index in [4.69, 9.17) is 9.90 Å².